The molecule has 0 aliphatic rings. The number of nitrogens with zero attached hydrogens (tertiary/aromatic N) is 2. The van der Waals surface area contributed by atoms with Crippen LogP contribution in [0.3, 0.4) is 0 Å². The van der Waals surface area contributed by atoms with Gasteiger partial charge in [-0.3, -0.25) is 0 Å². The van der Waals surface area contributed by atoms with Crippen LogP contribution >= 0.6 is 15.9 Å². The van der Waals surface area contributed by atoms with Gasteiger partial charge in [0.25, 0.3) is 0 Å². The fraction of sp³-hybridized carbons (Fsp3) is 0.286. The number of rotatable bonds is 6. The minimum atomic E-state index is -0.472. The zero-order valence-corrected chi connectivity index (χ0v) is 13.0. The van der Waals surface area contributed by atoms with Crippen molar-refractivity contribution in [1.82, 2.24) is 9.97 Å². The molecule has 0 unspecified atom stereocenters. The Hall–Kier alpha value is -1.76. The van der Waals surface area contributed by atoms with E-state index in [1.807, 2.05) is 6.92 Å². The molecule has 4 nitrogen and oxygen atoms in total. The molecule has 0 amide bonds. The lowest BCUT2D eigenvalue weighted by Gasteiger charge is -2.10. The molecule has 1 heterocycles. The van der Waals surface area contributed by atoms with Crippen molar-refractivity contribution < 1.29 is 8.78 Å². The fourth-order valence-electron chi connectivity index (χ4n) is 1.67. The van der Waals surface area contributed by atoms with Crippen LogP contribution in [0.15, 0.2) is 28.9 Å². The molecule has 0 fully saturated rings. The first-order chi connectivity index (χ1) is 10.1. The van der Waals surface area contributed by atoms with Gasteiger partial charge in [0.2, 0.25) is 5.95 Å². The van der Waals surface area contributed by atoms with Crippen LogP contribution in [0.25, 0.3) is 0 Å². The summed E-state index contributed by atoms with van der Waals surface area (Å²) in [5, 5.41) is 6.03. The normalized spacial score (nSPS) is 10.5. The second-order valence-electron chi connectivity index (χ2n) is 4.41. The van der Waals surface area contributed by atoms with Crippen molar-refractivity contribution in [3.8, 4) is 0 Å². The van der Waals surface area contributed by atoms with Crippen LogP contribution in [0.5, 0.6) is 0 Å². The average Bonchev–Trinajstić information content (AvgIpc) is 2.48. The maximum atomic E-state index is 13.6. The molecule has 0 radical (unpaired) electrons. The van der Waals surface area contributed by atoms with Crippen molar-refractivity contribution in [2.75, 3.05) is 17.2 Å². The molecule has 2 N–H and O–H groups in total. The van der Waals surface area contributed by atoms with Gasteiger partial charge in [0, 0.05) is 24.8 Å². The SMILES string of the molecule is CCCNc1ncc(Br)c(NCc2cc(F)ccc2F)n1. The van der Waals surface area contributed by atoms with Crippen LogP contribution in [-0.2, 0) is 6.54 Å². The Morgan fingerprint density at radius 1 is 1.24 bits per heavy atom. The fourth-order valence-corrected chi connectivity index (χ4v) is 2.00. The molecule has 0 saturated heterocycles. The maximum absolute atomic E-state index is 13.6. The van der Waals surface area contributed by atoms with Crippen LogP contribution in [0.4, 0.5) is 20.5 Å². The Balaban J connectivity index is 2.10. The van der Waals surface area contributed by atoms with Crippen LogP contribution in [-0.4, -0.2) is 16.5 Å². The van der Waals surface area contributed by atoms with Crippen molar-refractivity contribution >= 4 is 27.7 Å². The Morgan fingerprint density at radius 2 is 2.05 bits per heavy atom. The predicted molar refractivity (Wildman–Crippen MR) is 82.2 cm³/mol. The summed E-state index contributed by atoms with van der Waals surface area (Å²) in [5.41, 5.74) is 0.239. The van der Waals surface area contributed by atoms with Crippen molar-refractivity contribution in [3.05, 3.63) is 46.1 Å². The van der Waals surface area contributed by atoms with E-state index >= 15 is 0 Å². The van der Waals surface area contributed by atoms with Gasteiger partial charge >= 0.3 is 0 Å². The topological polar surface area (TPSA) is 49.8 Å². The first-order valence-electron chi connectivity index (χ1n) is 6.54. The predicted octanol–water partition coefficient (Wildman–Crippen LogP) is 3.95. The van der Waals surface area contributed by atoms with E-state index in [0.29, 0.717) is 16.2 Å². The van der Waals surface area contributed by atoms with Gasteiger partial charge in [-0.1, -0.05) is 6.92 Å². The van der Waals surface area contributed by atoms with Gasteiger partial charge in [-0.25, -0.2) is 13.8 Å². The van der Waals surface area contributed by atoms with E-state index in [4.69, 9.17) is 0 Å². The van der Waals surface area contributed by atoms with Crippen molar-refractivity contribution in [2.45, 2.75) is 19.9 Å². The summed E-state index contributed by atoms with van der Waals surface area (Å²) < 4.78 is 27.3. The van der Waals surface area contributed by atoms with Gasteiger partial charge < -0.3 is 10.6 Å². The van der Waals surface area contributed by atoms with E-state index < -0.39 is 11.6 Å². The monoisotopic (exact) mass is 356 g/mol. The number of hydrogen-bond acceptors (Lipinski definition) is 4. The Morgan fingerprint density at radius 3 is 2.81 bits per heavy atom. The third kappa shape index (κ3) is 4.35. The molecule has 0 saturated carbocycles. The molecule has 112 valence electrons. The number of anilines is 2. The third-order valence-corrected chi connectivity index (χ3v) is 3.31. The molecule has 2 aromatic rings. The number of nitrogens with one attached hydrogen (secondary N) is 2. The van der Waals surface area contributed by atoms with Gasteiger partial charge in [0.15, 0.2) is 0 Å². The van der Waals surface area contributed by atoms with Gasteiger partial charge in [-0.15, -0.1) is 0 Å². The minimum Gasteiger partial charge on any atom is -0.365 e. The number of benzene rings is 1. The quantitative estimate of drug-likeness (QED) is 0.822. The standard InChI is InChI=1S/C14H15BrF2N4/c1-2-5-18-14-20-8-11(15)13(21-14)19-7-9-6-10(16)3-4-12(9)17/h3-4,6,8H,2,5,7H2,1H3,(H2,18,19,20,21). The molecule has 0 atom stereocenters. The lowest BCUT2D eigenvalue weighted by Crippen LogP contribution is -2.09. The van der Waals surface area contributed by atoms with Crippen molar-refractivity contribution in [1.29, 1.82) is 0 Å². The molecular weight excluding hydrogens is 342 g/mol. The Bertz CT molecular complexity index is 622. The zero-order chi connectivity index (χ0) is 15.2. The highest BCUT2D eigenvalue weighted by Crippen LogP contribution is 2.21. The summed E-state index contributed by atoms with van der Waals surface area (Å²) in [4.78, 5) is 8.40. The van der Waals surface area contributed by atoms with Crippen LogP contribution < -0.4 is 10.6 Å². The van der Waals surface area contributed by atoms with E-state index in [1.54, 1.807) is 6.20 Å². The van der Waals surface area contributed by atoms with Crippen LogP contribution in [0.2, 0.25) is 0 Å². The minimum absolute atomic E-state index is 0.131. The highest BCUT2D eigenvalue weighted by Gasteiger charge is 2.07. The van der Waals surface area contributed by atoms with Gasteiger partial charge in [-0.2, -0.15) is 4.98 Å². The first-order valence-corrected chi connectivity index (χ1v) is 7.33. The number of aromatic nitrogens is 2. The summed E-state index contributed by atoms with van der Waals surface area (Å²) in [6, 6.07) is 3.36. The second kappa shape index (κ2) is 7.31. The average molecular weight is 357 g/mol. The van der Waals surface area contributed by atoms with Gasteiger partial charge in [0.1, 0.15) is 17.5 Å². The highest BCUT2D eigenvalue weighted by atomic mass is 79.9. The van der Waals surface area contributed by atoms with E-state index in [0.717, 1.165) is 31.2 Å². The first kappa shape index (κ1) is 15.6. The molecule has 0 bridgehead atoms. The third-order valence-electron chi connectivity index (χ3n) is 2.73. The summed E-state index contributed by atoms with van der Waals surface area (Å²) in [6.07, 6.45) is 2.56. The maximum Gasteiger partial charge on any atom is 0.224 e. The van der Waals surface area contributed by atoms with Crippen LogP contribution in [0, 0.1) is 11.6 Å². The second-order valence-corrected chi connectivity index (χ2v) is 5.26. The summed E-state index contributed by atoms with van der Waals surface area (Å²) in [7, 11) is 0. The lowest BCUT2D eigenvalue weighted by atomic mass is 10.2. The van der Waals surface area contributed by atoms with E-state index in [2.05, 4.69) is 36.5 Å². The Labute approximate surface area is 130 Å². The van der Waals surface area contributed by atoms with Crippen molar-refractivity contribution in [2.24, 2.45) is 0 Å². The van der Waals surface area contributed by atoms with Crippen molar-refractivity contribution in [3.63, 3.8) is 0 Å². The molecule has 1 aromatic carbocycles. The smallest absolute Gasteiger partial charge is 0.224 e. The van der Waals surface area contributed by atoms with Gasteiger partial charge in [0.05, 0.1) is 4.47 Å². The summed E-state index contributed by atoms with van der Waals surface area (Å²) in [5.74, 6) is 0.0770. The van der Waals surface area contributed by atoms with Gasteiger partial charge in [-0.05, 0) is 40.5 Å². The van der Waals surface area contributed by atoms with Crippen LogP contribution in [0.1, 0.15) is 18.9 Å². The van der Waals surface area contributed by atoms with E-state index in [-0.39, 0.29) is 12.1 Å². The Kier molecular flexibility index (Phi) is 5.44. The van der Waals surface area contributed by atoms with E-state index in [1.165, 1.54) is 0 Å². The molecule has 0 spiro atoms. The zero-order valence-electron chi connectivity index (χ0n) is 11.5. The largest absolute Gasteiger partial charge is 0.365 e. The molecule has 21 heavy (non-hydrogen) atoms. The molecule has 0 aliphatic heterocycles. The highest BCUT2D eigenvalue weighted by molar-refractivity contribution is 9.10. The summed E-state index contributed by atoms with van der Waals surface area (Å²) in [6.45, 7) is 2.93. The molecule has 0 aliphatic carbocycles. The lowest BCUT2D eigenvalue weighted by molar-refractivity contribution is 0.587. The number of halogens is 3. The molecule has 7 heteroatoms. The number of hydrogen-bond donors (Lipinski definition) is 2. The molecule has 1 aromatic heterocycles. The summed E-state index contributed by atoms with van der Waals surface area (Å²) >= 11 is 3.32. The van der Waals surface area contributed by atoms with E-state index in [9.17, 15) is 8.78 Å². The molecular formula is C14H15BrF2N4. The molecule has 2 rings (SSSR count).